The Hall–Kier alpha value is -1.22. The lowest BCUT2D eigenvalue weighted by atomic mass is 10.1. The van der Waals surface area contributed by atoms with Crippen LogP contribution in [0.2, 0.25) is 0 Å². The minimum Gasteiger partial charge on any atom is -0.489 e. The molecule has 0 bridgehead atoms. The Bertz CT molecular complexity index is 418. The molecule has 0 aliphatic rings. The lowest BCUT2D eigenvalue weighted by Gasteiger charge is -2.24. The van der Waals surface area contributed by atoms with Gasteiger partial charge in [-0.2, -0.15) is 0 Å². The maximum atomic E-state index is 11.8. The van der Waals surface area contributed by atoms with E-state index >= 15 is 0 Å². The smallest absolute Gasteiger partial charge is 0.241 e. The number of para-hydroxylation sites is 1. The van der Waals surface area contributed by atoms with E-state index in [0.29, 0.717) is 0 Å². The summed E-state index contributed by atoms with van der Waals surface area (Å²) in [6.07, 6.45) is 0.903. The van der Waals surface area contributed by atoms with Crippen LogP contribution in [0.25, 0.3) is 0 Å². The van der Waals surface area contributed by atoms with Crippen molar-refractivity contribution in [3.8, 4) is 5.75 Å². The summed E-state index contributed by atoms with van der Waals surface area (Å²) in [6, 6.07) is 5.83. The predicted octanol–water partition coefficient (Wildman–Crippen LogP) is 3.24. The number of hydrogen-bond acceptors (Lipinski definition) is 2. The zero-order chi connectivity index (χ0) is 13.7. The molecule has 0 unspecified atom stereocenters. The Labute approximate surface area is 114 Å². The Morgan fingerprint density at radius 3 is 2.61 bits per heavy atom. The van der Waals surface area contributed by atoms with E-state index in [-0.39, 0.29) is 17.9 Å². The molecule has 1 aromatic carbocycles. The van der Waals surface area contributed by atoms with E-state index in [9.17, 15) is 4.79 Å². The van der Waals surface area contributed by atoms with E-state index in [1.807, 2.05) is 32.0 Å². The third kappa shape index (κ3) is 3.39. The van der Waals surface area contributed by atoms with Crippen molar-refractivity contribution in [3.63, 3.8) is 0 Å². The highest BCUT2D eigenvalue weighted by Crippen LogP contribution is 2.33. The van der Waals surface area contributed by atoms with Crippen LogP contribution in [0.4, 0.5) is 5.69 Å². The summed E-state index contributed by atoms with van der Waals surface area (Å²) in [6.45, 7) is 5.98. The SMILES string of the molecule is CCc1cccc(OC(C)C)c1N(C)C(=O)CCl. The molecular weight excluding hydrogens is 250 g/mol. The van der Waals surface area contributed by atoms with Crippen molar-refractivity contribution in [2.45, 2.75) is 33.3 Å². The van der Waals surface area contributed by atoms with Crippen LogP contribution in [0.5, 0.6) is 5.75 Å². The lowest BCUT2D eigenvalue weighted by molar-refractivity contribution is -0.116. The second-order valence-corrected chi connectivity index (χ2v) is 4.64. The molecular formula is C14H20ClNO2. The number of anilines is 1. The van der Waals surface area contributed by atoms with Gasteiger partial charge in [-0.3, -0.25) is 4.79 Å². The normalized spacial score (nSPS) is 10.6. The number of rotatable bonds is 5. The maximum absolute atomic E-state index is 11.8. The molecule has 0 radical (unpaired) electrons. The molecule has 0 aliphatic carbocycles. The summed E-state index contributed by atoms with van der Waals surface area (Å²) in [5.74, 6) is 0.562. The number of benzene rings is 1. The number of carbonyl (C=O) groups is 1. The number of halogens is 1. The van der Waals surface area contributed by atoms with Gasteiger partial charge in [0.2, 0.25) is 5.91 Å². The van der Waals surface area contributed by atoms with E-state index in [1.54, 1.807) is 11.9 Å². The monoisotopic (exact) mass is 269 g/mol. The molecule has 0 aromatic heterocycles. The molecule has 0 N–H and O–H groups in total. The van der Waals surface area contributed by atoms with Gasteiger partial charge in [-0.1, -0.05) is 19.1 Å². The van der Waals surface area contributed by atoms with E-state index < -0.39 is 0 Å². The van der Waals surface area contributed by atoms with Crippen LogP contribution in [0.1, 0.15) is 26.3 Å². The van der Waals surface area contributed by atoms with Crippen molar-refractivity contribution < 1.29 is 9.53 Å². The second-order valence-electron chi connectivity index (χ2n) is 4.37. The fourth-order valence-electron chi connectivity index (χ4n) is 1.80. The molecule has 1 aromatic rings. The Morgan fingerprint density at radius 1 is 1.44 bits per heavy atom. The molecule has 0 fully saturated rings. The summed E-state index contributed by atoms with van der Waals surface area (Å²) in [7, 11) is 1.73. The first-order valence-corrected chi connectivity index (χ1v) is 6.65. The molecule has 0 spiro atoms. The average molecular weight is 270 g/mol. The molecule has 0 aliphatic heterocycles. The summed E-state index contributed by atoms with van der Waals surface area (Å²) < 4.78 is 5.77. The zero-order valence-electron chi connectivity index (χ0n) is 11.4. The number of nitrogens with zero attached hydrogens (tertiary/aromatic N) is 1. The molecule has 0 saturated carbocycles. The van der Waals surface area contributed by atoms with Crippen molar-refractivity contribution in [3.05, 3.63) is 23.8 Å². The molecule has 100 valence electrons. The molecule has 0 atom stereocenters. The number of aryl methyl sites for hydroxylation is 1. The highest BCUT2D eigenvalue weighted by atomic mass is 35.5. The van der Waals surface area contributed by atoms with Crippen molar-refractivity contribution in [2.24, 2.45) is 0 Å². The predicted molar refractivity (Wildman–Crippen MR) is 75.7 cm³/mol. The highest BCUT2D eigenvalue weighted by Gasteiger charge is 2.18. The van der Waals surface area contributed by atoms with E-state index in [2.05, 4.69) is 6.92 Å². The molecule has 18 heavy (non-hydrogen) atoms. The summed E-state index contributed by atoms with van der Waals surface area (Å²) in [4.78, 5) is 13.3. The second kappa shape index (κ2) is 6.64. The number of hydrogen-bond donors (Lipinski definition) is 0. The molecule has 4 heteroatoms. The molecule has 0 heterocycles. The molecule has 3 nitrogen and oxygen atoms in total. The fraction of sp³-hybridized carbons (Fsp3) is 0.500. The first-order valence-electron chi connectivity index (χ1n) is 6.12. The van der Waals surface area contributed by atoms with Crippen molar-refractivity contribution in [2.75, 3.05) is 17.8 Å². The first kappa shape index (κ1) is 14.8. The number of ether oxygens (including phenoxy) is 1. The van der Waals surface area contributed by atoms with Gasteiger partial charge in [0.15, 0.2) is 0 Å². The Balaban J connectivity index is 3.22. The number of amides is 1. The third-order valence-corrected chi connectivity index (χ3v) is 2.88. The van der Waals surface area contributed by atoms with Gasteiger partial charge in [0.25, 0.3) is 0 Å². The molecule has 1 rings (SSSR count). The topological polar surface area (TPSA) is 29.5 Å². The minimum absolute atomic E-state index is 0.0321. The maximum Gasteiger partial charge on any atom is 0.241 e. The lowest BCUT2D eigenvalue weighted by Crippen LogP contribution is -2.29. The van der Waals surface area contributed by atoms with E-state index in [4.69, 9.17) is 16.3 Å². The van der Waals surface area contributed by atoms with Crippen LogP contribution in [-0.2, 0) is 11.2 Å². The van der Waals surface area contributed by atoms with Crippen molar-refractivity contribution in [1.82, 2.24) is 0 Å². The Kier molecular flexibility index (Phi) is 5.48. The van der Waals surface area contributed by atoms with Gasteiger partial charge in [0, 0.05) is 7.05 Å². The fourth-order valence-corrected chi connectivity index (χ4v) is 1.98. The standard InChI is InChI=1S/C14H20ClNO2/c1-5-11-7-6-8-12(18-10(2)3)14(11)16(4)13(17)9-15/h6-8,10H,5,9H2,1-4H3. The average Bonchev–Trinajstić information content (AvgIpc) is 2.35. The summed E-state index contributed by atoms with van der Waals surface area (Å²) in [5.41, 5.74) is 1.90. The zero-order valence-corrected chi connectivity index (χ0v) is 12.1. The first-order chi connectivity index (χ1) is 8.51. The van der Waals surface area contributed by atoms with Crippen LogP contribution in [0.15, 0.2) is 18.2 Å². The van der Waals surface area contributed by atoms with E-state index in [0.717, 1.165) is 23.4 Å². The van der Waals surface area contributed by atoms with Crippen LogP contribution < -0.4 is 9.64 Å². The molecule has 0 saturated heterocycles. The third-order valence-electron chi connectivity index (χ3n) is 2.65. The molecule has 1 amide bonds. The van der Waals surface area contributed by atoms with Gasteiger partial charge < -0.3 is 9.64 Å². The van der Waals surface area contributed by atoms with Crippen LogP contribution >= 0.6 is 11.6 Å². The minimum atomic E-state index is -0.133. The van der Waals surface area contributed by atoms with Gasteiger partial charge >= 0.3 is 0 Å². The number of alkyl halides is 1. The Morgan fingerprint density at radius 2 is 2.11 bits per heavy atom. The number of carbonyl (C=O) groups excluding carboxylic acids is 1. The van der Waals surface area contributed by atoms with E-state index in [1.165, 1.54) is 0 Å². The van der Waals surface area contributed by atoms with Gasteiger partial charge in [0.05, 0.1) is 11.8 Å². The van der Waals surface area contributed by atoms with Crippen molar-refractivity contribution >= 4 is 23.2 Å². The van der Waals surface area contributed by atoms with Gasteiger partial charge in [0.1, 0.15) is 11.6 Å². The quantitative estimate of drug-likeness (QED) is 0.768. The van der Waals surface area contributed by atoms with Crippen LogP contribution in [0, 0.1) is 0 Å². The highest BCUT2D eigenvalue weighted by molar-refractivity contribution is 6.29. The van der Waals surface area contributed by atoms with Crippen molar-refractivity contribution in [1.29, 1.82) is 0 Å². The van der Waals surface area contributed by atoms with Crippen LogP contribution in [-0.4, -0.2) is 24.9 Å². The van der Waals surface area contributed by atoms with Gasteiger partial charge in [-0.05, 0) is 31.9 Å². The largest absolute Gasteiger partial charge is 0.489 e. The van der Waals surface area contributed by atoms with Gasteiger partial charge in [-0.15, -0.1) is 11.6 Å². The summed E-state index contributed by atoms with van der Waals surface area (Å²) >= 11 is 5.62. The summed E-state index contributed by atoms with van der Waals surface area (Å²) in [5, 5.41) is 0. The van der Waals surface area contributed by atoms with Gasteiger partial charge in [-0.25, -0.2) is 0 Å². The van der Waals surface area contributed by atoms with Crippen LogP contribution in [0.3, 0.4) is 0 Å².